The van der Waals surface area contributed by atoms with Gasteiger partial charge in [0, 0.05) is 62.7 Å². The lowest BCUT2D eigenvalue weighted by Crippen LogP contribution is -2.59. The van der Waals surface area contributed by atoms with Gasteiger partial charge in [-0.2, -0.15) is 10.2 Å². The topological polar surface area (TPSA) is 74.3 Å². The van der Waals surface area contributed by atoms with Gasteiger partial charge in [-0.25, -0.2) is 0 Å². The van der Waals surface area contributed by atoms with Crippen molar-refractivity contribution in [2.24, 2.45) is 21.5 Å². The third-order valence-electron chi connectivity index (χ3n) is 5.32. The molecule has 0 saturated carbocycles. The van der Waals surface area contributed by atoms with Gasteiger partial charge in [-0.05, 0) is 17.7 Å². The van der Waals surface area contributed by atoms with Gasteiger partial charge in [0.15, 0.2) is 0 Å². The van der Waals surface area contributed by atoms with Crippen LogP contribution in [0.5, 0.6) is 0 Å². The smallest absolute Gasteiger partial charge is 0.269 e. The maximum atomic E-state index is 10.7. The summed E-state index contributed by atoms with van der Waals surface area (Å²) in [6.07, 6.45) is 1.68. The summed E-state index contributed by atoms with van der Waals surface area (Å²) in [5.74, 6) is 0.467. The van der Waals surface area contributed by atoms with Crippen molar-refractivity contribution in [2.45, 2.75) is 6.92 Å². The Morgan fingerprint density at radius 2 is 1.83 bits per heavy atom. The molecule has 7 nitrogen and oxygen atoms in total. The largest absolute Gasteiger partial charge is 0.300 e. The van der Waals surface area contributed by atoms with E-state index >= 15 is 0 Å². The third-order valence-corrected chi connectivity index (χ3v) is 5.32. The molecule has 4 fully saturated rings. The summed E-state index contributed by atoms with van der Waals surface area (Å²) in [6, 6.07) is 6.37. The van der Waals surface area contributed by atoms with E-state index in [-0.39, 0.29) is 11.1 Å². The Kier molecular flexibility index (Phi) is 3.69. The highest BCUT2D eigenvalue weighted by Gasteiger charge is 2.49. The minimum Gasteiger partial charge on any atom is -0.300 e. The van der Waals surface area contributed by atoms with E-state index in [1.165, 1.54) is 17.8 Å². The van der Waals surface area contributed by atoms with Crippen molar-refractivity contribution in [3.8, 4) is 0 Å². The Labute approximate surface area is 140 Å². The zero-order chi connectivity index (χ0) is 16.7. The number of nitrogens with zero attached hydrogens (tertiary/aromatic N) is 5. The number of hydrogen-bond acceptors (Lipinski definition) is 6. The van der Waals surface area contributed by atoms with Gasteiger partial charge in [-0.15, -0.1) is 0 Å². The molecule has 2 unspecified atom stereocenters. The molecule has 4 heterocycles. The molecule has 0 aliphatic carbocycles. The number of benzene rings is 1. The molecule has 4 aliphatic heterocycles. The van der Waals surface area contributed by atoms with Crippen molar-refractivity contribution < 1.29 is 4.92 Å². The first kappa shape index (κ1) is 15.4. The SMILES string of the molecule is CC12CN3CCN(CC(C3)/C1=N/N=C/c1ccc([N+](=O)[O-])cc1)C2. The van der Waals surface area contributed by atoms with Gasteiger partial charge in [0.05, 0.1) is 16.8 Å². The second-order valence-corrected chi connectivity index (χ2v) is 7.31. The van der Waals surface area contributed by atoms with E-state index in [4.69, 9.17) is 0 Å². The molecule has 4 aliphatic rings. The van der Waals surface area contributed by atoms with Crippen LogP contribution in [0.2, 0.25) is 0 Å². The molecule has 0 N–H and O–H groups in total. The zero-order valence-corrected chi connectivity index (χ0v) is 13.8. The summed E-state index contributed by atoms with van der Waals surface area (Å²) >= 11 is 0. The summed E-state index contributed by atoms with van der Waals surface area (Å²) in [7, 11) is 0. The monoisotopic (exact) mass is 327 g/mol. The first-order valence-electron chi connectivity index (χ1n) is 8.34. The Hall–Kier alpha value is -2.12. The zero-order valence-electron chi connectivity index (χ0n) is 13.8. The van der Waals surface area contributed by atoms with Crippen LogP contribution in [0, 0.1) is 21.4 Å². The maximum absolute atomic E-state index is 10.7. The second-order valence-electron chi connectivity index (χ2n) is 7.31. The molecule has 4 saturated heterocycles. The predicted octanol–water partition coefficient (Wildman–Crippen LogP) is 1.64. The van der Waals surface area contributed by atoms with Crippen LogP contribution < -0.4 is 0 Å². The number of nitro benzene ring substituents is 1. The molecule has 5 rings (SSSR count). The molecular weight excluding hydrogens is 306 g/mol. The summed E-state index contributed by atoms with van der Waals surface area (Å²) < 4.78 is 0. The van der Waals surface area contributed by atoms with Gasteiger partial charge in [-0.3, -0.25) is 10.1 Å². The lowest BCUT2D eigenvalue weighted by molar-refractivity contribution is -0.384. The summed E-state index contributed by atoms with van der Waals surface area (Å²) in [5, 5.41) is 19.6. The van der Waals surface area contributed by atoms with Crippen molar-refractivity contribution in [1.82, 2.24) is 9.80 Å². The molecule has 1 aromatic carbocycles. The van der Waals surface area contributed by atoms with E-state index in [9.17, 15) is 10.1 Å². The van der Waals surface area contributed by atoms with E-state index in [0.717, 1.165) is 44.8 Å². The summed E-state index contributed by atoms with van der Waals surface area (Å²) in [6.45, 7) is 8.90. The van der Waals surface area contributed by atoms with E-state index in [1.54, 1.807) is 18.3 Å². The highest BCUT2D eigenvalue weighted by molar-refractivity contribution is 5.95. The quantitative estimate of drug-likeness (QED) is 0.480. The number of hydrogen-bond donors (Lipinski definition) is 0. The van der Waals surface area contributed by atoms with Crippen LogP contribution >= 0.6 is 0 Å². The summed E-state index contributed by atoms with van der Waals surface area (Å²) in [4.78, 5) is 15.4. The average Bonchev–Trinajstić information content (AvgIpc) is 2.77. The van der Waals surface area contributed by atoms with E-state index in [1.807, 2.05) is 0 Å². The molecule has 0 radical (unpaired) electrons. The highest BCUT2D eigenvalue weighted by atomic mass is 16.6. The lowest BCUT2D eigenvalue weighted by Gasteiger charge is -2.48. The van der Waals surface area contributed by atoms with Crippen LogP contribution in [-0.2, 0) is 0 Å². The first-order valence-corrected chi connectivity index (χ1v) is 8.34. The van der Waals surface area contributed by atoms with Crippen LogP contribution in [0.25, 0.3) is 0 Å². The Balaban J connectivity index is 1.54. The van der Waals surface area contributed by atoms with Crippen LogP contribution in [0.15, 0.2) is 34.5 Å². The molecule has 0 aromatic heterocycles. The predicted molar refractivity (Wildman–Crippen MR) is 92.6 cm³/mol. The third kappa shape index (κ3) is 2.74. The number of fused-ring (bicyclic) bond motifs is 1. The van der Waals surface area contributed by atoms with Crippen LogP contribution in [0.1, 0.15) is 12.5 Å². The van der Waals surface area contributed by atoms with Gasteiger partial charge in [0.2, 0.25) is 0 Å². The van der Waals surface area contributed by atoms with Crippen molar-refractivity contribution in [3.05, 3.63) is 39.9 Å². The Morgan fingerprint density at radius 3 is 2.38 bits per heavy atom. The fraction of sp³-hybridized carbons (Fsp3) is 0.529. The number of non-ortho nitro benzene ring substituents is 1. The molecule has 7 heteroatoms. The fourth-order valence-electron chi connectivity index (χ4n) is 4.34. The number of nitro groups is 1. The minimum atomic E-state index is -0.399. The standard InChI is InChI=1S/C17H21N5O2/c1-17-11-20-6-7-21(12-17)10-14(9-20)16(17)19-18-8-13-2-4-15(5-3-13)22(23)24/h2-5,8,14H,6-7,9-12H2,1H3/b18-8+,19-16-. The Morgan fingerprint density at radius 1 is 1.21 bits per heavy atom. The molecular formula is C17H21N5O2. The first-order chi connectivity index (χ1) is 11.5. The number of rotatable bonds is 3. The van der Waals surface area contributed by atoms with Crippen molar-refractivity contribution in [3.63, 3.8) is 0 Å². The molecule has 1 aromatic rings. The minimum absolute atomic E-state index is 0.0878. The molecule has 0 spiro atoms. The molecule has 2 atom stereocenters. The van der Waals surface area contributed by atoms with Gasteiger partial charge in [0.1, 0.15) is 0 Å². The van der Waals surface area contributed by atoms with Gasteiger partial charge in [-0.1, -0.05) is 6.92 Å². The van der Waals surface area contributed by atoms with Crippen molar-refractivity contribution in [2.75, 3.05) is 39.3 Å². The van der Waals surface area contributed by atoms with E-state index in [0.29, 0.717) is 5.92 Å². The Bertz CT molecular complexity index is 696. The molecule has 0 amide bonds. The van der Waals surface area contributed by atoms with Crippen LogP contribution in [-0.4, -0.2) is 65.9 Å². The van der Waals surface area contributed by atoms with E-state index in [2.05, 4.69) is 26.9 Å². The highest BCUT2D eigenvalue weighted by Crippen LogP contribution is 2.38. The van der Waals surface area contributed by atoms with E-state index < -0.39 is 4.92 Å². The molecule has 24 heavy (non-hydrogen) atoms. The van der Waals surface area contributed by atoms with Crippen LogP contribution in [0.3, 0.4) is 0 Å². The summed E-state index contributed by atoms with van der Waals surface area (Å²) in [5.41, 5.74) is 2.22. The van der Waals surface area contributed by atoms with Gasteiger partial charge >= 0.3 is 0 Å². The van der Waals surface area contributed by atoms with Gasteiger partial charge in [0.25, 0.3) is 5.69 Å². The second kappa shape index (κ2) is 5.75. The van der Waals surface area contributed by atoms with Crippen molar-refractivity contribution in [1.29, 1.82) is 0 Å². The average molecular weight is 327 g/mol. The maximum Gasteiger partial charge on any atom is 0.269 e. The molecule has 126 valence electrons. The fourth-order valence-corrected chi connectivity index (χ4v) is 4.34. The lowest BCUT2D eigenvalue weighted by atomic mass is 9.72. The van der Waals surface area contributed by atoms with Crippen LogP contribution in [0.4, 0.5) is 5.69 Å². The number of piperidine rings is 2. The van der Waals surface area contributed by atoms with Gasteiger partial charge < -0.3 is 9.80 Å². The molecule has 4 bridgehead atoms. The van der Waals surface area contributed by atoms with Crippen molar-refractivity contribution >= 4 is 17.6 Å². The normalized spacial score (nSPS) is 36.4.